The number of rotatable bonds is 1. The van der Waals surface area contributed by atoms with Gasteiger partial charge in [0, 0.05) is 6.04 Å². The summed E-state index contributed by atoms with van der Waals surface area (Å²) in [5, 5.41) is 8.63. The van der Waals surface area contributed by atoms with E-state index in [1.165, 1.54) is 37.1 Å². The number of aryl methyl sites for hydroxylation is 1. The molecule has 0 spiro atoms. The van der Waals surface area contributed by atoms with E-state index in [2.05, 4.69) is 28.8 Å². The van der Waals surface area contributed by atoms with Crippen molar-refractivity contribution in [2.75, 3.05) is 0 Å². The Labute approximate surface area is 90.9 Å². The van der Waals surface area contributed by atoms with E-state index in [-0.39, 0.29) is 0 Å². The summed E-state index contributed by atoms with van der Waals surface area (Å²) in [5.74, 6) is 2.04. The van der Waals surface area contributed by atoms with Crippen LogP contribution in [0, 0.1) is 11.8 Å². The molecule has 3 nitrogen and oxygen atoms in total. The molecular formula is C12H19N3. The van der Waals surface area contributed by atoms with E-state index in [9.17, 15) is 0 Å². The van der Waals surface area contributed by atoms with Crippen LogP contribution in [0.5, 0.6) is 0 Å². The molecule has 0 unspecified atom stereocenters. The quantitative estimate of drug-likeness (QED) is 0.704. The van der Waals surface area contributed by atoms with Gasteiger partial charge >= 0.3 is 0 Å². The third kappa shape index (κ3) is 1.58. The Morgan fingerprint density at radius 2 is 1.93 bits per heavy atom. The molecule has 1 aromatic heterocycles. The standard InChI is InChI=1S/C12H19N3/c1-8(2)15-12-6-4-10-7-9(10)3-5-11(12)13-14-15/h8-10H,3-7H2,1-2H3/t9-,10+/m1/s1. The fourth-order valence-electron chi connectivity index (χ4n) is 2.88. The minimum Gasteiger partial charge on any atom is -0.247 e. The Morgan fingerprint density at radius 1 is 1.20 bits per heavy atom. The van der Waals surface area contributed by atoms with Gasteiger partial charge in [0.2, 0.25) is 0 Å². The molecule has 2 aliphatic carbocycles. The summed E-state index contributed by atoms with van der Waals surface area (Å²) < 4.78 is 2.12. The van der Waals surface area contributed by atoms with Crippen molar-refractivity contribution in [2.45, 2.75) is 52.0 Å². The van der Waals surface area contributed by atoms with Gasteiger partial charge in [-0.1, -0.05) is 5.21 Å². The highest BCUT2D eigenvalue weighted by atomic mass is 15.4. The van der Waals surface area contributed by atoms with Gasteiger partial charge < -0.3 is 0 Å². The Balaban J connectivity index is 1.90. The molecule has 82 valence electrons. The van der Waals surface area contributed by atoms with Gasteiger partial charge in [-0.05, 0) is 57.8 Å². The molecule has 3 heteroatoms. The van der Waals surface area contributed by atoms with E-state index >= 15 is 0 Å². The first kappa shape index (κ1) is 9.37. The second-order valence-electron chi connectivity index (χ2n) is 5.35. The molecule has 0 radical (unpaired) electrons. The number of fused-ring (bicyclic) bond motifs is 2. The van der Waals surface area contributed by atoms with Crippen LogP contribution in [0.25, 0.3) is 0 Å². The van der Waals surface area contributed by atoms with Crippen molar-refractivity contribution in [3.05, 3.63) is 11.4 Å². The van der Waals surface area contributed by atoms with Crippen molar-refractivity contribution >= 4 is 0 Å². The van der Waals surface area contributed by atoms with Gasteiger partial charge in [0.1, 0.15) is 0 Å². The zero-order valence-corrected chi connectivity index (χ0v) is 9.61. The van der Waals surface area contributed by atoms with Gasteiger partial charge in [-0.3, -0.25) is 0 Å². The molecule has 0 aliphatic heterocycles. The van der Waals surface area contributed by atoms with Gasteiger partial charge in [-0.2, -0.15) is 0 Å². The second-order valence-corrected chi connectivity index (χ2v) is 5.35. The molecule has 2 atom stereocenters. The highest BCUT2D eigenvalue weighted by molar-refractivity contribution is 5.14. The fourth-order valence-corrected chi connectivity index (χ4v) is 2.88. The van der Waals surface area contributed by atoms with E-state index in [0.29, 0.717) is 6.04 Å². The second kappa shape index (κ2) is 3.32. The van der Waals surface area contributed by atoms with Crippen LogP contribution >= 0.6 is 0 Å². The predicted molar refractivity (Wildman–Crippen MR) is 58.6 cm³/mol. The summed E-state index contributed by atoms with van der Waals surface area (Å²) >= 11 is 0. The topological polar surface area (TPSA) is 30.7 Å². The van der Waals surface area contributed by atoms with Crippen molar-refractivity contribution in [3.8, 4) is 0 Å². The maximum Gasteiger partial charge on any atom is 0.0859 e. The Bertz CT molecular complexity index is 367. The van der Waals surface area contributed by atoms with Crippen molar-refractivity contribution in [2.24, 2.45) is 11.8 Å². The molecule has 1 aromatic rings. The van der Waals surface area contributed by atoms with Crippen LogP contribution in [0.2, 0.25) is 0 Å². The summed E-state index contributed by atoms with van der Waals surface area (Å²) in [7, 11) is 0. The van der Waals surface area contributed by atoms with Gasteiger partial charge in [0.25, 0.3) is 0 Å². The van der Waals surface area contributed by atoms with Crippen LogP contribution in [-0.2, 0) is 12.8 Å². The Hall–Kier alpha value is -0.860. The molecule has 3 rings (SSSR count). The number of nitrogens with zero attached hydrogens (tertiary/aromatic N) is 3. The summed E-state index contributed by atoms with van der Waals surface area (Å²) in [4.78, 5) is 0. The molecule has 0 aromatic carbocycles. The minimum atomic E-state index is 0.454. The van der Waals surface area contributed by atoms with Crippen molar-refractivity contribution in [1.29, 1.82) is 0 Å². The third-order valence-electron chi connectivity index (χ3n) is 3.93. The summed E-state index contributed by atoms with van der Waals surface area (Å²) in [5.41, 5.74) is 2.68. The minimum absolute atomic E-state index is 0.454. The molecule has 0 amide bonds. The molecule has 0 N–H and O–H groups in total. The van der Waals surface area contributed by atoms with Gasteiger partial charge in [0.15, 0.2) is 0 Å². The van der Waals surface area contributed by atoms with Crippen LogP contribution in [0.1, 0.15) is 50.5 Å². The predicted octanol–water partition coefficient (Wildman–Crippen LogP) is 2.37. The Morgan fingerprint density at radius 3 is 2.67 bits per heavy atom. The monoisotopic (exact) mass is 205 g/mol. The van der Waals surface area contributed by atoms with E-state index in [0.717, 1.165) is 18.3 Å². The molecule has 1 fully saturated rings. The van der Waals surface area contributed by atoms with E-state index < -0.39 is 0 Å². The highest BCUT2D eigenvalue weighted by Gasteiger charge is 2.38. The third-order valence-corrected chi connectivity index (χ3v) is 3.93. The van der Waals surface area contributed by atoms with E-state index in [1.54, 1.807) is 0 Å². The summed E-state index contributed by atoms with van der Waals surface area (Å²) in [6.45, 7) is 4.38. The molecule has 1 saturated carbocycles. The van der Waals surface area contributed by atoms with Crippen molar-refractivity contribution in [1.82, 2.24) is 15.0 Å². The summed E-state index contributed by atoms with van der Waals surface area (Å²) in [6, 6.07) is 0.454. The van der Waals surface area contributed by atoms with E-state index in [4.69, 9.17) is 0 Å². The zero-order chi connectivity index (χ0) is 10.4. The number of hydrogen-bond acceptors (Lipinski definition) is 2. The molecule has 0 saturated heterocycles. The maximum atomic E-state index is 4.35. The normalized spacial score (nSPS) is 29.3. The highest BCUT2D eigenvalue weighted by Crippen LogP contribution is 2.46. The average molecular weight is 205 g/mol. The van der Waals surface area contributed by atoms with Crippen LogP contribution in [0.3, 0.4) is 0 Å². The lowest BCUT2D eigenvalue weighted by Crippen LogP contribution is -2.10. The molecule has 2 aliphatic rings. The molecule has 0 bridgehead atoms. The van der Waals surface area contributed by atoms with Gasteiger partial charge in [0.05, 0.1) is 11.4 Å². The maximum absolute atomic E-state index is 4.35. The Kier molecular flexibility index (Phi) is 2.08. The first-order valence-electron chi connectivity index (χ1n) is 6.18. The van der Waals surface area contributed by atoms with Crippen molar-refractivity contribution < 1.29 is 0 Å². The lowest BCUT2D eigenvalue weighted by molar-refractivity contribution is 0.481. The largest absolute Gasteiger partial charge is 0.247 e. The van der Waals surface area contributed by atoms with Crippen LogP contribution in [0.4, 0.5) is 0 Å². The van der Waals surface area contributed by atoms with E-state index in [1.807, 2.05) is 0 Å². The number of aromatic nitrogens is 3. The smallest absolute Gasteiger partial charge is 0.0859 e. The molecule has 1 heterocycles. The van der Waals surface area contributed by atoms with Gasteiger partial charge in [-0.15, -0.1) is 5.10 Å². The fraction of sp³-hybridized carbons (Fsp3) is 0.833. The number of hydrogen-bond donors (Lipinski definition) is 0. The lowest BCUT2D eigenvalue weighted by Gasteiger charge is -2.12. The van der Waals surface area contributed by atoms with Crippen LogP contribution < -0.4 is 0 Å². The SMILES string of the molecule is CC(C)n1nnc2c1CC[C@H]1C[C@H]1CC2. The molecular weight excluding hydrogens is 186 g/mol. The first-order valence-corrected chi connectivity index (χ1v) is 6.18. The molecule has 15 heavy (non-hydrogen) atoms. The first-order chi connectivity index (χ1) is 7.25. The van der Waals surface area contributed by atoms with Crippen molar-refractivity contribution in [3.63, 3.8) is 0 Å². The lowest BCUT2D eigenvalue weighted by atomic mass is 10.0. The zero-order valence-electron chi connectivity index (χ0n) is 9.61. The average Bonchev–Trinajstić information content (AvgIpc) is 2.78. The summed E-state index contributed by atoms with van der Waals surface area (Å²) in [6.07, 6.45) is 6.52. The van der Waals surface area contributed by atoms with Gasteiger partial charge in [-0.25, -0.2) is 4.68 Å². The van der Waals surface area contributed by atoms with Crippen LogP contribution in [-0.4, -0.2) is 15.0 Å². The van der Waals surface area contributed by atoms with Crippen LogP contribution in [0.15, 0.2) is 0 Å².